The maximum absolute atomic E-state index is 12.3. The van der Waals surface area contributed by atoms with Crippen molar-refractivity contribution < 1.29 is 14.3 Å². The maximum atomic E-state index is 12.3. The van der Waals surface area contributed by atoms with Gasteiger partial charge in [-0.05, 0) is 58.0 Å². The van der Waals surface area contributed by atoms with E-state index in [-0.39, 0.29) is 17.8 Å². The normalized spacial score (nSPS) is 23.9. The number of carbonyl (C=O) groups excluding carboxylic acids is 2. The third-order valence-corrected chi connectivity index (χ3v) is 4.62. The number of ether oxygens (including phenoxy) is 1. The molecule has 0 radical (unpaired) electrons. The van der Waals surface area contributed by atoms with Crippen LogP contribution in [0.5, 0.6) is 0 Å². The Morgan fingerprint density at radius 2 is 2.00 bits per heavy atom. The molecule has 0 aromatic rings. The molecule has 2 rings (SSSR count). The molecule has 5 nitrogen and oxygen atoms in total. The summed E-state index contributed by atoms with van der Waals surface area (Å²) in [6.45, 7) is 5.73. The number of hydrogen-bond donors (Lipinski definition) is 1. The lowest BCUT2D eigenvalue weighted by molar-refractivity contribution is -0.151. The standard InChI is InChI=1S/C16H28N2O3/c1-2-21-16(20)14-4-3-11-18(12-14)15(19)6-5-13-7-9-17-10-8-13/h13-14,17H,2-12H2,1H3. The van der Waals surface area contributed by atoms with E-state index in [1.165, 1.54) is 12.8 Å². The molecule has 1 unspecified atom stereocenters. The lowest BCUT2D eigenvalue weighted by Gasteiger charge is -2.32. The zero-order valence-electron chi connectivity index (χ0n) is 13.1. The Hall–Kier alpha value is -1.10. The Labute approximate surface area is 127 Å². The van der Waals surface area contributed by atoms with Crippen LogP contribution in [0.2, 0.25) is 0 Å². The summed E-state index contributed by atoms with van der Waals surface area (Å²) in [6.07, 6.45) is 5.72. The van der Waals surface area contributed by atoms with Crippen molar-refractivity contribution in [3.63, 3.8) is 0 Å². The fourth-order valence-corrected chi connectivity index (χ4v) is 3.31. The van der Waals surface area contributed by atoms with Gasteiger partial charge in [-0.2, -0.15) is 0 Å². The lowest BCUT2D eigenvalue weighted by atomic mass is 9.92. The second kappa shape index (κ2) is 8.37. The number of likely N-dealkylation sites (tertiary alicyclic amines) is 1. The molecule has 1 N–H and O–H groups in total. The van der Waals surface area contributed by atoms with E-state index in [4.69, 9.17) is 4.74 Å². The first-order valence-electron chi connectivity index (χ1n) is 8.35. The molecule has 1 amide bonds. The first kappa shape index (κ1) is 16.3. The molecule has 0 aromatic heterocycles. The van der Waals surface area contributed by atoms with Crippen LogP contribution in [0.3, 0.4) is 0 Å². The van der Waals surface area contributed by atoms with Crippen LogP contribution in [0, 0.1) is 11.8 Å². The van der Waals surface area contributed by atoms with Gasteiger partial charge in [0.15, 0.2) is 0 Å². The highest BCUT2D eigenvalue weighted by Gasteiger charge is 2.29. The van der Waals surface area contributed by atoms with E-state index in [1.807, 2.05) is 11.8 Å². The summed E-state index contributed by atoms with van der Waals surface area (Å²) in [5.74, 6) is 0.623. The van der Waals surface area contributed by atoms with Gasteiger partial charge in [0.1, 0.15) is 0 Å². The van der Waals surface area contributed by atoms with Crippen molar-refractivity contribution in [3.8, 4) is 0 Å². The highest BCUT2D eigenvalue weighted by atomic mass is 16.5. The van der Waals surface area contributed by atoms with Crippen molar-refractivity contribution >= 4 is 11.9 Å². The number of piperidine rings is 2. The van der Waals surface area contributed by atoms with Gasteiger partial charge in [0.05, 0.1) is 12.5 Å². The maximum Gasteiger partial charge on any atom is 0.310 e. The molecule has 0 aromatic carbocycles. The average molecular weight is 296 g/mol. The molecule has 2 heterocycles. The number of rotatable bonds is 5. The van der Waals surface area contributed by atoms with E-state index in [0.717, 1.165) is 38.9 Å². The molecule has 5 heteroatoms. The number of nitrogens with zero attached hydrogens (tertiary/aromatic N) is 1. The molecule has 2 aliphatic rings. The van der Waals surface area contributed by atoms with E-state index < -0.39 is 0 Å². The summed E-state index contributed by atoms with van der Waals surface area (Å²) in [6, 6.07) is 0. The van der Waals surface area contributed by atoms with Crippen molar-refractivity contribution in [3.05, 3.63) is 0 Å². The van der Waals surface area contributed by atoms with Crippen molar-refractivity contribution in [2.45, 2.75) is 45.4 Å². The highest BCUT2D eigenvalue weighted by molar-refractivity contribution is 5.78. The third-order valence-electron chi connectivity index (χ3n) is 4.62. The second-order valence-electron chi connectivity index (χ2n) is 6.16. The smallest absolute Gasteiger partial charge is 0.310 e. The molecule has 0 bridgehead atoms. The zero-order valence-corrected chi connectivity index (χ0v) is 13.1. The molecule has 2 fully saturated rings. The van der Waals surface area contributed by atoms with Crippen molar-refractivity contribution in [2.24, 2.45) is 11.8 Å². The fourth-order valence-electron chi connectivity index (χ4n) is 3.31. The van der Waals surface area contributed by atoms with Gasteiger partial charge in [0, 0.05) is 19.5 Å². The molecule has 2 saturated heterocycles. The molecule has 120 valence electrons. The summed E-state index contributed by atoms with van der Waals surface area (Å²) in [5.41, 5.74) is 0. The Bertz CT molecular complexity index is 353. The summed E-state index contributed by atoms with van der Waals surface area (Å²) in [7, 11) is 0. The average Bonchev–Trinajstić information content (AvgIpc) is 2.54. The topological polar surface area (TPSA) is 58.6 Å². The lowest BCUT2D eigenvalue weighted by Crippen LogP contribution is -2.43. The number of amides is 1. The van der Waals surface area contributed by atoms with Gasteiger partial charge >= 0.3 is 5.97 Å². The number of hydrogen-bond acceptors (Lipinski definition) is 4. The van der Waals surface area contributed by atoms with Crippen LogP contribution in [0.25, 0.3) is 0 Å². The van der Waals surface area contributed by atoms with E-state index in [0.29, 0.717) is 25.5 Å². The fraction of sp³-hybridized carbons (Fsp3) is 0.875. The molecular weight excluding hydrogens is 268 g/mol. The molecule has 1 atom stereocenters. The minimum absolute atomic E-state index is 0.124. The Balaban J connectivity index is 1.74. The van der Waals surface area contributed by atoms with E-state index in [1.54, 1.807) is 0 Å². The van der Waals surface area contributed by atoms with Crippen molar-refractivity contribution in [1.82, 2.24) is 10.2 Å². The van der Waals surface area contributed by atoms with Crippen molar-refractivity contribution in [1.29, 1.82) is 0 Å². The minimum atomic E-state index is -0.145. The van der Waals surface area contributed by atoms with E-state index in [9.17, 15) is 9.59 Å². The first-order valence-corrected chi connectivity index (χ1v) is 8.35. The Kier molecular flexibility index (Phi) is 6.49. The van der Waals surface area contributed by atoms with Gasteiger partial charge in [0.2, 0.25) is 5.91 Å². The van der Waals surface area contributed by atoms with Gasteiger partial charge in [0.25, 0.3) is 0 Å². The Morgan fingerprint density at radius 1 is 1.24 bits per heavy atom. The second-order valence-corrected chi connectivity index (χ2v) is 6.16. The Morgan fingerprint density at radius 3 is 2.71 bits per heavy atom. The summed E-state index contributed by atoms with van der Waals surface area (Å²) >= 11 is 0. The summed E-state index contributed by atoms with van der Waals surface area (Å²) in [4.78, 5) is 26.0. The van der Waals surface area contributed by atoms with Crippen LogP contribution in [-0.2, 0) is 14.3 Å². The molecule has 0 saturated carbocycles. The number of carbonyl (C=O) groups is 2. The predicted molar refractivity (Wildman–Crippen MR) is 80.8 cm³/mol. The number of nitrogens with one attached hydrogen (secondary N) is 1. The molecule has 2 aliphatic heterocycles. The van der Waals surface area contributed by atoms with Crippen LogP contribution in [0.4, 0.5) is 0 Å². The SMILES string of the molecule is CCOC(=O)C1CCCN(C(=O)CCC2CCNCC2)C1. The van der Waals surface area contributed by atoms with Crippen molar-refractivity contribution in [2.75, 3.05) is 32.8 Å². The third kappa shape index (κ3) is 4.99. The predicted octanol–water partition coefficient (Wildman–Crippen LogP) is 1.57. The molecular formula is C16H28N2O3. The number of esters is 1. The van der Waals surface area contributed by atoms with E-state index in [2.05, 4.69) is 5.32 Å². The first-order chi connectivity index (χ1) is 10.2. The van der Waals surface area contributed by atoms with Gasteiger partial charge < -0.3 is 15.0 Å². The quantitative estimate of drug-likeness (QED) is 0.782. The van der Waals surface area contributed by atoms with E-state index >= 15 is 0 Å². The summed E-state index contributed by atoms with van der Waals surface area (Å²) < 4.78 is 5.08. The van der Waals surface area contributed by atoms with Crippen LogP contribution < -0.4 is 5.32 Å². The minimum Gasteiger partial charge on any atom is -0.466 e. The van der Waals surface area contributed by atoms with Crippen LogP contribution >= 0.6 is 0 Å². The van der Waals surface area contributed by atoms with Gasteiger partial charge in [-0.3, -0.25) is 9.59 Å². The molecule has 0 aliphatic carbocycles. The van der Waals surface area contributed by atoms with Gasteiger partial charge in [-0.1, -0.05) is 0 Å². The van der Waals surface area contributed by atoms with Gasteiger partial charge in [-0.15, -0.1) is 0 Å². The molecule has 0 spiro atoms. The zero-order chi connectivity index (χ0) is 15.1. The van der Waals surface area contributed by atoms with Crippen LogP contribution in [-0.4, -0.2) is 49.6 Å². The largest absolute Gasteiger partial charge is 0.466 e. The monoisotopic (exact) mass is 296 g/mol. The van der Waals surface area contributed by atoms with Gasteiger partial charge in [-0.25, -0.2) is 0 Å². The summed E-state index contributed by atoms with van der Waals surface area (Å²) in [5, 5.41) is 3.35. The highest BCUT2D eigenvalue weighted by Crippen LogP contribution is 2.22. The van der Waals surface area contributed by atoms with Crippen LogP contribution in [0.15, 0.2) is 0 Å². The molecule has 21 heavy (non-hydrogen) atoms. The van der Waals surface area contributed by atoms with Crippen LogP contribution in [0.1, 0.15) is 45.4 Å².